The molecular weight excluding hydrogens is 310 g/mol. The van der Waals surface area contributed by atoms with Crippen molar-refractivity contribution in [1.82, 2.24) is 9.97 Å². The van der Waals surface area contributed by atoms with Gasteiger partial charge in [0.1, 0.15) is 15.6 Å². The van der Waals surface area contributed by atoms with Gasteiger partial charge in [0, 0.05) is 11.8 Å². The van der Waals surface area contributed by atoms with Crippen LogP contribution in [0.4, 0.5) is 0 Å². The van der Waals surface area contributed by atoms with Gasteiger partial charge in [-0.15, -0.1) is 11.3 Å². The van der Waals surface area contributed by atoms with Gasteiger partial charge in [0.15, 0.2) is 0 Å². The lowest BCUT2D eigenvalue weighted by Gasteiger charge is -2.05. The van der Waals surface area contributed by atoms with E-state index in [4.69, 9.17) is 5.11 Å². The average molecular weight is 321 g/mol. The lowest BCUT2D eigenvalue weighted by atomic mass is 10.0. The second-order valence-corrected chi connectivity index (χ2v) is 5.83. The molecule has 1 aromatic carbocycles. The number of hydrogen-bond acceptors (Lipinski definition) is 5. The summed E-state index contributed by atoms with van der Waals surface area (Å²) in [4.78, 5) is 19.9. The van der Waals surface area contributed by atoms with E-state index in [-0.39, 0.29) is 4.88 Å². The molecule has 0 radical (unpaired) electrons. The number of carbonyl (C=O) groups is 1. The summed E-state index contributed by atoms with van der Waals surface area (Å²) >= 11 is 1.06. The molecular formula is C17H11N3O2S. The molecule has 0 unspecified atom stereocenters. The first-order chi connectivity index (χ1) is 11.1. The van der Waals surface area contributed by atoms with Gasteiger partial charge < -0.3 is 5.11 Å². The molecule has 0 amide bonds. The Morgan fingerprint density at radius 3 is 2.65 bits per heavy atom. The minimum absolute atomic E-state index is 0.187. The molecule has 0 aliphatic heterocycles. The molecule has 0 atom stereocenters. The van der Waals surface area contributed by atoms with Crippen LogP contribution in [-0.2, 0) is 0 Å². The predicted molar refractivity (Wildman–Crippen MR) is 87.2 cm³/mol. The molecule has 23 heavy (non-hydrogen) atoms. The van der Waals surface area contributed by atoms with Gasteiger partial charge in [-0.2, -0.15) is 5.26 Å². The molecule has 0 spiro atoms. The minimum atomic E-state index is -1.01. The molecule has 6 heteroatoms. The normalized spacial score (nSPS) is 10.3. The summed E-state index contributed by atoms with van der Waals surface area (Å²) in [6.45, 7) is 1.65. The van der Waals surface area contributed by atoms with E-state index in [1.54, 1.807) is 19.2 Å². The molecule has 2 aromatic heterocycles. The molecule has 3 rings (SSSR count). The van der Waals surface area contributed by atoms with Crippen molar-refractivity contribution in [3.63, 3.8) is 0 Å². The molecule has 0 aliphatic carbocycles. The van der Waals surface area contributed by atoms with E-state index >= 15 is 0 Å². The molecule has 0 fully saturated rings. The fourth-order valence-corrected chi connectivity index (χ4v) is 3.09. The fourth-order valence-electron chi connectivity index (χ4n) is 2.22. The largest absolute Gasteiger partial charge is 0.477 e. The van der Waals surface area contributed by atoms with Crippen LogP contribution in [0.5, 0.6) is 0 Å². The maximum absolute atomic E-state index is 11.1. The first kappa shape index (κ1) is 14.9. The van der Waals surface area contributed by atoms with E-state index in [1.807, 2.05) is 30.3 Å². The van der Waals surface area contributed by atoms with Crippen molar-refractivity contribution < 1.29 is 9.90 Å². The zero-order valence-corrected chi connectivity index (χ0v) is 13.0. The van der Waals surface area contributed by atoms with Gasteiger partial charge in [0.05, 0.1) is 17.3 Å². The smallest absolute Gasteiger partial charge is 0.347 e. The number of rotatable bonds is 3. The highest BCUT2D eigenvalue weighted by Crippen LogP contribution is 2.30. The molecule has 0 saturated heterocycles. The van der Waals surface area contributed by atoms with E-state index in [1.165, 1.54) is 0 Å². The minimum Gasteiger partial charge on any atom is -0.477 e. The summed E-state index contributed by atoms with van der Waals surface area (Å²) in [6, 6.07) is 13.3. The highest BCUT2D eigenvalue weighted by molar-refractivity contribution is 7.17. The summed E-state index contributed by atoms with van der Waals surface area (Å²) < 4.78 is 0. The van der Waals surface area contributed by atoms with Crippen molar-refractivity contribution in [2.24, 2.45) is 0 Å². The number of thiazole rings is 1. The summed E-state index contributed by atoms with van der Waals surface area (Å²) in [5.74, 6) is -1.01. The van der Waals surface area contributed by atoms with Crippen molar-refractivity contribution in [3.05, 3.63) is 58.7 Å². The molecule has 3 aromatic rings. The lowest BCUT2D eigenvalue weighted by Crippen LogP contribution is -1.94. The van der Waals surface area contributed by atoms with Crippen molar-refractivity contribution in [1.29, 1.82) is 5.26 Å². The van der Waals surface area contributed by atoms with Crippen molar-refractivity contribution in [2.45, 2.75) is 6.92 Å². The maximum atomic E-state index is 11.1. The third-order valence-corrected chi connectivity index (χ3v) is 4.49. The highest BCUT2D eigenvalue weighted by atomic mass is 32.1. The SMILES string of the molecule is Cc1nc(-c2cc(C#N)c(-c3ccccc3)cn2)sc1C(=O)O. The first-order valence-corrected chi connectivity index (χ1v) is 7.58. The van der Waals surface area contributed by atoms with Crippen LogP contribution >= 0.6 is 11.3 Å². The summed E-state index contributed by atoms with van der Waals surface area (Å²) in [5.41, 5.74) is 3.07. The number of nitriles is 1. The van der Waals surface area contributed by atoms with E-state index in [2.05, 4.69) is 16.0 Å². The van der Waals surface area contributed by atoms with E-state index in [0.29, 0.717) is 22.0 Å². The molecule has 0 bridgehead atoms. The van der Waals surface area contributed by atoms with Gasteiger partial charge in [0.25, 0.3) is 0 Å². The van der Waals surface area contributed by atoms with Crippen molar-refractivity contribution in [3.8, 4) is 27.9 Å². The Morgan fingerprint density at radius 1 is 1.30 bits per heavy atom. The number of aromatic carboxylic acids is 1. The predicted octanol–water partition coefficient (Wildman–Crippen LogP) is 3.75. The van der Waals surface area contributed by atoms with Crippen LogP contribution < -0.4 is 0 Å². The Morgan fingerprint density at radius 2 is 2.04 bits per heavy atom. The van der Waals surface area contributed by atoms with Crippen LogP contribution in [0, 0.1) is 18.3 Å². The van der Waals surface area contributed by atoms with Crippen LogP contribution in [-0.4, -0.2) is 21.0 Å². The van der Waals surface area contributed by atoms with Gasteiger partial charge in [0.2, 0.25) is 0 Å². The Balaban J connectivity index is 2.08. The number of aryl methyl sites for hydroxylation is 1. The van der Waals surface area contributed by atoms with Gasteiger partial charge in [-0.1, -0.05) is 30.3 Å². The highest BCUT2D eigenvalue weighted by Gasteiger charge is 2.17. The van der Waals surface area contributed by atoms with Crippen LogP contribution in [0.2, 0.25) is 0 Å². The Kier molecular flexibility index (Phi) is 3.87. The summed E-state index contributed by atoms with van der Waals surface area (Å²) in [7, 11) is 0. The molecule has 5 nitrogen and oxygen atoms in total. The van der Waals surface area contributed by atoms with Gasteiger partial charge >= 0.3 is 5.97 Å². The average Bonchev–Trinajstić information content (AvgIpc) is 2.97. The van der Waals surface area contributed by atoms with Crippen LogP contribution in [0.3, 0.4) is 0 Å². The fraction of sp³-hybridized carbons (Fsp3) is 0.0588. The van der Waals surface area contributed by atoms with E-state index in [9.17, 15) is 10.1 Å². The monoisotopic (exact) mass is 321 g/mol. The van der Waals surface area contributed by atoms with E-state index in [0.717, 1.165) is 22.5 Å². The number of carboxylic acid groups (broad SMARTS) is 1. The summed E-state index contributed by atoms with van der Waals surface area (Å²) in [6.07, 6.45) is 1.63. The van der Waals surface area contributed by atoms with Crippen molar-refractivity contribution >= 4 is 17.3 Å². The second-order valence-electron chi connectivity index (χ2n) is 4.83. The molecule has 112 valence electrons. The third-order valence-electron chi connectivity index (χ3n) is 3.32. The second kappa shape index (κ2) is 5.99. The maximum Gasteiger partial charge on any atom is 0.347 e. The zero-order chi connectivity index (χ0) is 16.4. The van der Waals surface area contributed by atoms with Crippen LogP contribution in [0.15, 0.2) is 42.6 Å². The molecule has 2 heterocycles. The number of hydrogen-bond donors (Lipinski definition) is 1. The Hall–Kier alpha value is -3.04. The van der Waals surface area contributed by atoms with Gasteiger partial charge in [-0.25, -0.2) is 9.78 Å². The number of benzene rings is 1. The summed E-state index contributed by atoms with van der Waals surface area (Å²) in [5, 5.41) is 19.0. The number of carboxylic acids is 1. The van der Waals surface area contributed by atoms with Crippen LogP contribution in [0.1, 0.15) is 20.9 Å². The number of nitrogens with zero attached hydrogens (tertiary/aromatic N) is 3. The Bertz CT molecular complexity index is 927. The molecule has 0 saturated carbocycles. The molecule has 1 N–H and O–H groups in total. The molecule has 0 aliphatic rings. The lowest BCUT2D eigenvalue weighted by molar-refractivity contribution is 0.0701. The third kappa shape index (κ3) is 2.82. The first-order valence-electron chi connectivity index (χ1n) is 6.77. The number of aromatic nitrogens is 2. The zero-order valence-electron chi connectivity index (χ0n) is 12.1. The van der Waals surface area contributed by atoms with Gasteiger partial charge in [-0.05, 0) is 18.6 Å². The van der Waals surface area contributed by atoms with Gasteiger partial charge in [-0.3, -0.25) is 4.98 Å². The van der Waals surface area contributed by atoms with Crippen molar-refractivity contribution in [2.75, 3.05) is 0 Å². The Labute approximate surface area is 136 Å². The quantitative estimate of drug-likeness (QED) is 0.794. The standard InChI is InChI=1S/C17H11N3O2S/c1-10-15(17(21)22)23-16(20-10)14-7-12(8-18)13(9-19-14)11-5-3-2-4-6-11/h2-7,9H,1H3,(H,21,22). The topological polar surface area (TPSA) is 86.9 Å². The number of pyridine rings is 1. The van der Waals surface area contributed by atoms with Crippen LogP contribution in [0.25, 0.3) is 21.8 Å². The van der Waals surface area contributed by atoms with E-state index < -0.39 is 5.97 Å².